The molecular weight excluding hydrogens is 268 g/mol. The molecule has 0 bridgehead atoms. The van der Waals surface area contributed by atoms with Crippen molar-refractivity contribution in [3.63, 3.8) is 0 Å². The fourth-order valence-electron chi connectivity index (χ4n) is 2.19. The Hall–Kier alpha value is -0.770. The molecule has 1 aliphatic rings. The zero-order valence-corrected chi connectivity index (χ0v) is 11.1. The second-order valence-electron chi connectivity index (χ2n) is 4.62. The fourth-order valence-corrected chi connectivity index (χ4v) is 2.54. The zero-order chi connectivity index (χ0) is 11.6. The Balaban J connectivity index is 1.88. The predicted octanol–water partition coefficient (Wildman–Crippen LogP) is 3.09. The van der Waals surface area contributed by atoms with E-state index in [9.17, 15) is 4.79 Å². The van der Waals surface area contributed by atoms with Crippen molar-refractivity contribution >= 4 is 21.8 Å². The van der Waals surface area contributed by atoms with Crippen LogP contribution in [-0.4, -0.2) is 17.4 Å². The van der Waals surface area contributed by atoms with Crippen molar-refractivity contribution in [2.24, 2.45) is 5.41 Å². The number of hydrogen-bond donors (Lipinski definition) is 2. The summed E-state index contributed by atoms with van der Waals surface area (Å²) in [5, 5.41) is 3.01. The predicted molar refractivity (Wildman–Crippen MR) is 67.4 cm³/mol. The van der Waals surface area contributed by atoms with Gasteiger partial charge in [-0.3, -0.25) is 4.79 Å². The summed E-state index contributed by atoms with van der Waals surface area (Å²) in [6.45, 7) is 3.01. The van der Waals surface area contributed by atoms with E-state index in [2.05, 4.69) is 33.2 Å². The molecule has 0 aliphatic heterocycles. The van der Waals surface area contributed by atoms with Crippen LogP contribution >= 0.6 is 15.9 Å². The van der Waals surface area contributed by atoms with Crippen LogP contribution in [0.1, 0.15) is 43.1 Å². The van der Waals surface area contributed by atoms with E-state index >= 15 is 0 Å². The van der Waals surface area contributed by atoms with Crippen LogP contribution in [-0.2, 0) is 0 Å². The van der Waals surface area contributed by atoms with E-state index in [0.29, 0.717) is 11.1 Å². The molecule has 1 saturated carbocycles. The van der Waals surface area contributed by atoms with Gasteiger partial charge in [0.25, 0.3) is 5.91 Å². The van der Waals surface area contributed by atoms with Gasteiger partial charge in [-0.05, 0) is 46.7 Å². The Morgan fingerprint density at radius 3 is 2.81 bits per heavy atom. The summed E-state index contributed by atoms with van der Waals surface area (Å²) in [7, 11) is 0. The van der Waals surface area contributed by atoms with Crippen LogP contribution in [0.2, 0.25) is 0 Å². The molecule has 3 nitrogen and oxygen atoms in total. The van der Waals surface area contributed by atoms with Crippen molar-refractivity contribution in [1.29, 1.82) is 0 Å². The van der Waals surface area contributed by atoms with E-state index in [-0.39, 0.29) is 5.91 Å². The molecule has 1 aromatic heterocycles. The topological polar surface area (TPSA) is 44.9 Å². The van der Waals surface area contributed by atoms with Crippen molar-refractivity contribution in [3.8, 4) is 0 Å². The molecule has 1 aliphatic carbocycles. The van der Waals surface area contributed by atoms with Crippen LogP contribution in [0.4, 0.5) is 0 Å². The van der Waals surface area contributed by atoms with Crippen molar-refractivity contribution < 1.29 is 4.79 Å². The van der Waals surface area contributed by atoms with Crippen LogP contribution in [0.5, 0.6) is 0 Å². The van der Waals surface area contributed by atoms with E-state index in [4.69, 9.17) is 0 Å². The number of aromatic nitrogens is 1. The number of rotatable bonds is 4. The molecule has 0 radical (unpaired) electrons. The van der Waals surface area contributed by atoms with Crippen LogP contribution in [0.3, 0.4) is 0 Å². The van der Waals surface area contributed by atoms with E-state index in [1.165, 1.54) is 19.3 Å². The van der Waals surface area contributed by atoms with E-state index < -0.39 is 0 Å². The molecule has 1 amide bonds. The van der Waals surface area contributed by atoms with Gasteiger partial charge in [-0.2, -0.15) is 0 Å². The minimum Gasteiger partial charge on any atom is -0.356 e. The Bertz CT molecular complexity index is 377. The fraction of sp³-hybridized carbons (Fsp3) is 0.583. The lowest BCUT2D eigenvalue weighted by Gasteiger charge is -2.41. The van der Waals surface area contributed by atoms with Crippen LogP contribution < -0.4 is 5.32 Å². The summed E-state index contributed by atoms with van der Waals surface area (Å²) in [4.78, 5) is 14.7. The first kappa shape index (κ1) is 11.7. The van der Waals surface area contributed by atoms with E-state index in [0.717, 1.165) is 17.4 Å². The molecule has 2 rings (SSSR count). The first-order valence-electron chi connectivity index (χ1n) is 5.77. The monoisotopic (exact) mass is 284 g/mol. The molecule has 1 aromatic rings. The number of carbonyl (C=O) groups is 1. The molecule has 16 heavy (non-hydrogen) atoms. The number of amides is 1. The highest BCUT2D eigenvalue weighted by Gasteiger charge is 2.35. The SMILES string of the molecule is CCC1(CNC(=O)c2cc(Br)c[nH]2)CCC1. The first-order valence-corrected chi connectivity index (χ1v) is 6.57. The van der Waals surface area contributed by atoms with Crippen molar-refractivity contribution in [2.45, 2.75) is 32.6 Å². The van der Waals surface area contributed by atoms with Gasteiger partial charge in [-0.1, -0.05) is 13.3 Å². The highest BCUT2D eigenvalue weighted by Crippen LogP contribution is 2.43. The third-order valence-electron chi connectivity index (χ3n) is 3.68. The first-order chi connectivity index (χ1) is 7.65. The largest absolute Gasteiger partial charge is 0.356 e. The van der Waals surface area contributed by atoms with Crippen LogP contribution in [0.15, 0.2) is 16.7 Å². The van der Waals surface area contributed by atoms with Gasteiger partial charge >= 0.3 is 0 Å². The molecule has 0 unspecified atom stereocenters. The molecule has 2 N–H and O–H groups in total. The maximum Gasteiger partial charge on any atom is 0.267 e. The van der Waals surface area contributed by atoms with Crippen molar-refractivity contribution in [1.82, 2.24) is 10.3 Å². The molecule has 88 valence electrons. The van der Waals surface area contributed by atoms with Gasteiger partial charge < -0.3 is 10.3 Å². The van der Waals surface area contributed by atoms with Gasteiger partial charge in [0.2, 0.25) is 0 Å². The minimum absolute atomic E-state index is 0.00887. The van der Waals surface area contributed by atoms with Gasteiger partial charge in [0.05, 0.1) is 0 Å². The average Bonchev–Trinajstić information content (AvgIpc) is 2.64. The highest BCUT2D eigenvalue weighted by atomic mass is 79.9. The number of H-pyrrole nitrogens is 1. The van der Waals surface area contributed by atoms with Crippen LogP contribution in [0.25, 0.3) is 0 Å². The van der Waals surface area contributed by atoms with Crippen molar-refractivity contribution in [3.05, 3.63) is 22.4 Å². The smallest absolute Gasteiger partial charge is 0.267 e. The van der Waals surface area contributed by atoms with Gasteiger partial charge in [0, 0.05) is 17.2 Å². The maximum atomic E-state index is 11.8. The van der Waals surface area contributed by atoms with Gasteiger partial charge in [-0.25, -0.2) is 0 Å². The van der Waals surface area contributed by atoms with Gasteiger partial charge in [-0.15, -0.1) is 0 Å². The highest BCUT2D eigenvalue weighted by molar-refractivity contribution is 9.10. The Morgan fingerprint density at radius 1 is 1.62 bits per heavy atom. The lowest BCUT2D eigenvalue weighted by atomic mass is 9.67. The van der Waals surface area contributed by atoms with Crippen molar-refractivity contribution in [2.75, 3.05) is 6.54 Å². The lowest BCUT2D eigenvalue weighted by molar-refractivity contribution is 0.0846. The quantitative estimate of drug-likeness (QED) is 0.877. The van der Waals surface area contributed by atoms with E-state index in [1.807, 2.05) is 0 Å². The zero-order valence-electron chi connectivity index (χ0n) is 9.48. The molecule has 0 aromatic carbocycles. The maximum absolute atomic E-state index is 11.8. The molecule has 0 atom stereocenters. The summed E-state index contributed by atoms with van der Waals surface area (Å²) in [6, 6.07) is 1.80. The number of carbonyl (C=O) groups excluding carboxylic acids is 1. The van der Waals surface area contributed by atoms with E-state index in [1.54, 1.807) is 12.3 Å². The van der Waals surface area contributed by atoms with Gasteiger partial charge in [0.15, 0.2) is 0 Å². The number of hydrogen-bond acceptors (Lipinski definition) is 1. The molecule has 0 saturated heterocycles. The molecule has 0 spiro atoms. The summed E-state index contributed by atoms with van der Waals surface area (Å²) in [5.41, 5.74) is 0.997. The van der Waals surface area contributed by atoms with Crippen LogP contribution in [0, 0.1) is 5.41 Å². The molecule has 1 heterocycles. The third kappa shape index (κ3) is 2.32. The average molecular weight is 285 g/mol. The molecule has 4 heteroatoms. The number of aromatic amines is 1. The Morgan fingerprint density at radius 2 is 2.38 bits per heavy atom. The molecule has 1 fully saturated rings. The summed E-state index contributed by atoms with van der Waals surface area (Å²) >= 11 is 3.32. The lowest BCUT2D eigenvalue weighted by Crippen LogP contribution is -2.41. The number of halogens is 1. The Kier molecular flexibility index (Phi) is 3.38. The number of nitrogens with one attached hydrogen (secondary N) is 2. The standard InChI is InChI=1S/C12H17BrN2O/c1-2-12(4-3-5-12)8-15-11(16)10-6-9(13)7-14-10/h6-7,14H,2-5,8H2,1H3,(H,15,16). The molecular formula is C12H17BrN2O. The second kappa shape index (κ2) is 4.62. The second-order valence-corrected chi connectivity index (χ2v) is 5.54. The summed E-state index contributed by atoms with van der Waals surface area (Å²) in [5.74, 6) is -0.00887. The van der Waals surface area contributed by atoms with Gasteiger partial charge in [0.1, 0.15) is 5.69 Å². The summed E-state index contributed by atoms with van der Waals surface area (Å²) in [6.07, 6.45) is 6.73. The normalized spacial score (nSPS) is 17.9. The minimum atomic E-state index is -0.00887. The third-order valence-corrected chi connectivity index (χ3v) is 4.14. The Labute approximate surface area is 104 Å². The summed E-state index contributed by atoms with van der Waals surface area (Å²) < 4.78 is 0.909.